The van der Waals surface area contributed by atoms with E-state index >= 15 is 0 Å². The predicted octanol–water partition coefficient (Wildman–Crippen LogP) is 2.44. The summed E-state index contributed by atoms with van der Waals surface area (Å²) in [4.78, 5) is 30.0. The molecule has 1 amide bonds. The second kappa shape index (κ2) is 6.54. The van der Waals surface area contributed by atoms with E-state index in [1.54, 1.807) is 16.7 Å². The Morgan fingerprint density at radius 3 is 2.71 bits per heavy atom. The van der Waals surface area contributed by atoms with Gasteiger partial charge in [0, 0.05) is 19.0 Å². The molecule has 0 aliphatic heterocycles. The van der Waals surface area contributed by atoms with Crippen molar-refractivity contribution in [1.29, 1.82) is 0 Å². The molecule has 0 saturated carbocycles. The number of unbranched alkanes of at least 4 members (excludes halogenated alkanes) is 1. The van der Waals surface area contributed by atoms with Crippen molar-refractivity contribution < 1.29 is 9.63 Å². The van der Waals surface area contributed by atoms with Crippen molar-refractivity contribution in [2.45, 2.75) is 26.3 Å². The maximum atomic E-state index is 12.6. The van der Waals surface area contributed by atoms with E-state index in [0.717, 1.165) is 23.3 Å². The number of nitrogens with zero attached hydrogens (tertiary/aromatic N) is 2. The average molecular weight is 288 g/mol. The first-order valence-electron chi connectivity index (χ1n) is 7.05. The number of hydroxylamine groups is 2. The zero-order valence-electron chi connectivity index (χ0n) is 12.6. The van der Waals surface area contributed by atoms with E-state index in [4.69, 9.17) is 4.84 Å². The third-order valence-electron chi connectivity index (χ3n) is 3.53. The number of hydrogen-bond donors (Lipinski definition) is 0. The number of hydrogen-bond acceptors (Lipinski definition) is 3. The standard InChI is InChI=1S/C16H20N2O3/c1-4-5-10-18-14(16(20)17(2)21-3)11-12-8-6-7-9-13(12)15(18)19/h6-9,11H,4-5,10H2,1-3H3. The van der Waals surface area contributed by atoms with E-state index in [0.29, 0.717) is 17.6 Å². The van der Waals surface area contributed by atoms with Gasteiger partial charge in [-0.05, 0) is 23.9 Å². The molecule has 0 aliphatic rings. The minimum Gasteiger partial charge on any atom is -0.303 e. The van der Waals surface area contributed by atoms with Gasteiger partial charge in [0.1, 0.15) is 5.69 Å². The molecule has 0 atom stereocenters. The zero-order valence-corrected chi connectivity index (χ0v) is 12.6. The molecule has 5 nitrogen and oxygen atoms in total. The fourth-order valence-corrected chi connectivity index (χ4v) is 2.26. The molecule has 0 aliphatic carbocycles. The summed E-state index contributed by atoms with van der Waals surface area (Å²) in [6, 6.07) is 9.06. The van der Waals surface area contributed by atoms with Gasteiger partial charge < -0.3 is 4.57 Å². The van der Waals surface area contributed by atoms with Gasteiger partial charge in [0.05, 0.1) is 7.11 Å². The third kappa shape index (κ3) is 2.97. The van der Waals surface area contributed by atoms with Gasteiger partial charge in [-0.15, -0.1) is 0 Å². The predicted molar refractivity (Wildman–Crippen MR) is 82.2 cm³/mol. The number of carbonyl (C=O) groups is 1. The first-order chi connectivity index (χ1) is 10.1. The maximum Gasteiger partial charge on any atom is 0.293 e. The van der Waals surface area contributed by atoms with Crippen LogP contribution in [0.2, 0.25) is 0 Å². The highest BCUT2D eigenvalue weighted by molar-refractivity contribution is 5.96. The summed E-state index contributed by atoms with van der Waals surface area (Å²) in [6.45, 7) is 2.58. The largest absolute Gasteiger partial charge is 0.303 e. The summed E-state index contributed by atoms with van der Waals surface area (Å²) in [5.41, 5.74) is 0.228. The van der Waals surface area contributed by atoms with Crippen molar-refractivity contribution in [2.75, 3.05) is 14.2 Å². The Morgan fingerprint density at radius 2 is 2.05 bits per heavy atom. The second-order valence-corrected chi connectivity index (χ2v) is 4.91. The quantitative estimate of drug-likeness (QED) is 0.794. The minimum absolute atomic E-state index is 0.130. The summed E-state index contributed by atoms with van der Waals surface area (Å²) < 4.78 is 1.55. The van der Waals surface area contributed by atoms with E-state index in [1.165, 1.54) is 14.2 Å². The van der Waals surface area contributed by atoms with Crippen LogP contribution in [0.4, 0.5) is 0 Å². The number of amides is 1. The lowest BCUT2D eigenvalue weighted by Gasteiger charge is -2.18. The molecular weight excluding hydrogens is 268 g/mol. The normalized spacial score (nSPS) is 10.8. The number of pyridine rings is 1. The lowest BCUT2D eigenvalue weighted by atomic mass is 10.1. The first-order valence-corrected chi connectivity index (χ1v) is 7.05. The molecule has 5 heteroatoms. The first kappa shape index (κ1) is 15.3. The van der Waals surface area contributed by atoms with Crippen LogP contribution in [-0.2, 0) is 11.4 Å². The van der Waals surface area contributed by atoms with Crippen molar-refractivity contribution >= 4 is 16.7 Å². The summed E-state index contributed by atoms with van der Waals surface area (Å²) >= 11 is 0. The average Bonchev–Trinajstić information content (AvgIpc) is 2.52. The molecule has 0 fully saturated rings. The highest BCUT2D eigenvalue weighted by Crippen LogP contribution is 2.14. The Hall–Kier alpha value is -2.14. The van der Waals surface area contributed by atoms with Crippen LogP contribution in [0.1, 0.15) is 30.3 Å². The van der Waals surface area contributed by atoms with Crippen LogP contribution >= 0.6 is 0 Å². The number of aromatic nitrogens is 1. The number of fused-ring (bicyclic) bond motifs is 1. The lowest BCUT2D eigenvalue weighted by Crippen LogP contribution is -2.33. The Balaban J connectivity index is 2.65. The highest BCUT2D eigenvalue weighted by Gasteiger charge is 2.18. The Kier molecular flexibility index (Phi) is 4.75. The smallest absolute Gasteiger partial charge is 0.293 e. The fraction of sp³-hybridized carbons (Fsp3) is 0.375. The second-order valence-electron chi connectivity index (χ2n) is 4.91. The molecule has 0 N–H and O–H groups in total. The molecule has 0 saturated heterocycles. The van der Waals surface area contributed by atoms with Crippen LogP contribution in [0, 0.1) is 0 Å². The van der Waals surface area contributed by atoms with Crippen LogP contribution in [0.5, 0.6) is 0 Å². The molecule has 0 bridgehead atoms. The number of rotatable bonds is 5. The van der Waals surface area contributed by atoms with Crippen molar-refractivity contribution in [3.8, 4) is 0 Å². The molecule has 0 unspecified atom stereocenters. The molecule has 0 spiro atoms. The van der Waals surface area contributed by atoms with Crippen LogP contribution in [0.15, 0.2) is 35.1 Å². The van der Waals surface area contributed by atoms with Crippen molar-refractivity contribution in [1.82, 2.24) is 9.63 Å². The van der Waals surface area contributed by atoms with E-state index in [9.17, 15) is 9.59 Å². The van der Waals surface area contributed by atoms with Crippen molar-refractivity contribution in [3.05, 3.63) is 46.4 Å². The van der Waals surface area contributed by atoms with Crippen molar-refractivity contribution in [2.24, 2.45) is 0 Å². The van der Waals surface area contributed by atoms with Crippen LogP contribution in [0.3, 0.4) is 0 Å². The molecule has 2 aromatic rings. The molecule has 112 valence electrons. The molecule has 1 aromatic heterocycles. The van der Waals surface area contributed by atoms with E-state index in [-0.39, 0.29) is 11.5 Å². The van der Waals surface area contributed by atoms with Crippen molar-refractivity contribution in [3.63, 3.8) is 0 Å². The van der Waals surface area contributed by atoms with Gasteiger partial charge in [0.15, 0.2) is 0 Å². The lowest BCUT2D eigenvalue weighted by molar-refractivity contribution is -0.0763. The van der Waals surface area contributed by atoms with Gasteiger partial charge >= 0.3 is 0 Å². The van der Waals surface area contributed by atoms with Gasteiger partial charge in [-0.3, -0.25) is 14.4 Å². The van der Waals surface area contributed by atoms with Crippen LogP contribution in [-0.4, -0.2) is 29.7 Å². The number of benzene rings is 1. The molecular formula is C16H20N2O3. The molecule has 1 heterocycles. The minimum atomic E-state index is -0.323. The summed E-state index contributed by atoms with van der Waals surface area (Å²) in [7, 11) is 2.96. The van der Waals surface area contributed by atoms with E-state index < -0.39 is 0 Å². The third-order valence-corrected chi connectivity index (χ3v) is 3.53. The molecule has 21 heavy (non-hydrogen) atoms. The SMILES string of the molecule is CCCCn1c(C(=O)N(C)OC)cc2ccccc2c1=O. The molecule has 0 radical (unpaired) electrons. The fourth-order valence-electron chi connectivity index (χ4n) is 2.26. The van der Waals surface area contributed by atoms with Gasteiger partial charge in [0.2, 0.25) is 0 Å². The van der Waals surface area contributed by atoms with Gasteiger partial charge in [-0.2, -0.15) is 0 Å². The summed E-state index contributed by atoms with van der Waals surface area (Å²) in [5, 5.41) is 2.53. The Labute approximate surface area is 123 Å². The molecule has 1 aromatic carbocycles. The van der Waals surface area contributed by atoms with Gasteiger partial charge in [0.25, 0.3) is 11.5 Å². The van der Waals surface area contributed by atoms with E-state index in [2.05, 4.69) is 6.92 Å². The highest BCUT2D eigenvalue weighted by atomic mass is 16.7. The number of carbonyl (C=O) groups excluding carboxylic acids is 1. The van der Waals surface area contributed by atoms with Gasteiger partial charge in [-0.25, -0.2) is 5.06 Å². The maximum absolute atomic E-state index is 12.6. The summed E-state index contributed by atoms with van der Waals surface area (Å²) in [5.74, 6) is -0.323. The Bertz CT molecular complexity index is 706. The van der Waals surface area contributed by atoms with Crippen LogP contribution in [0.25, 0.3) is 10.8 Å². The monoisotopic (exact) mass is 288 g/mol. The summed E-state index contributed by atoms with van der Waals surface area (Å²) in [6.07, 6.45) is 1.79. The zero-order chi connectivity index (χ0) is 15.4. The van der Waals surface area contributed by atoms with Crippen LogP contribution < -0.4 is 5.56 Å². The van der Waals surface area contributed by atoms with E-state index in [1.807, 2.05) is 18.2 Å². The Morgan fingerprint density at radius 1 is 1.33 bits per heavy atom. The van der Waals surface area contributed by atoms with Gasteiger partial charge in [-0.1, -0.05) is 31.5 Å². The topological polar surface area (TPSA) is 51.5 Å². The molecule has 2 rings (SSSR count).